The first-order valence-corrected chi connectivity index (χ1v) is 8.33. The van der Waals surface area contributed by atoms with Crippen molar-refractivity contribution in [2.45, 2.75) is 38.1 Å². The highest BCUT2D eigenvalue weighted by atomic mass is 16.6. The Kier molecular flexibility index (Phi) is 6.19. The zero-order valence-electron chi connectivity index (χ0n) is 13.2. The lowest BCUT2D eigenvalue weighted by Gasteiger charge is -2.33. The molecule has 0 aliphatic carbocycles. The summed E-state index contributed by atoms with van der Waals surface area (Å²) in [5.41, 5.74) is 1.01. The molecule has 0 bridgehead atoms. The van der Waals surface area contributed by atoms with Gasteiger partial charge in [0, 0.05) is 25.8 Å². The zero-order valence-corrected chi connectivity index (χ0v) is 13.2. The summed E-state index contributed by atoms with van der Waals surface area (Å²) < 4.78 is 17.1. The van der Waals surface area contributed by atoms with Crippen molar-refractivity contribution in [3.63, 3.8) is 0 Å². The van der Waals surface area contributed by atoms with E-state index in [0.717, 1.165) is 64.4 Å². The fraction of sp³-hybridized carbons (Fsp3) is 0.706. The summed E-state index contributed by atoms with van der Waals surface area (Å²) in [7, 11) is 0. The minimum absolute atomic E-state index is 0.284. The largest absolute Gasteiger partial charge is 0.376 e. The first-order chi connectivity index (χ1) is 10.9. The molecular weight excluding hydrogens is 280 g/mol. The van der Waals surface area contributed by atoms with Crippen LogP contribution < -0.4 is 0 Å². The summed E-state index contributed by atoms with van der Waals surface area (Å²) in [6.07, 6.45) is 5.75. The lowest BCUT2D eigenvalue weighted by molar-refractivity contribution is -0.0939. The van der Waals surface area contributed by atoms with E-state index in [1.165, 1.54) is 0 Å². The maximum atomic E-state index is 5.98. The van der Waals surface area contributed by atoms with Gasteiger partial charge in [-0.15, -0.1) is 0 Å². The van der Waals surface area contributed by atoms with Gasteiger partial charge in [0.25, 0.3) is 0 Å². The van der Waals surface area contributed by atoms with Gasteiger partial charge in [-0.25, -0.2) is 0 Å². The predicted octanol–water partition coefficient (Wildman–Crippen LogP) is 1.87. The van der Waals surface area contributed by atoms with Gasteiger partial charge in [-0.05, 0) is 31.4 Å². The monoisotopic (exact) mass is 306 g/mol. The molecule has 3 heterocycles. The van der Waals surface area contributed by atoms with Crippen molar-refractivity contribution in [3.8, 4) is 0 Å². The molecule has 1 atom stereocenters. The lowest BCUT2D eigenvalue weighted by atomic mass is 10.1. The normalized spacial score (nSPS) is 24.5. The van der Waals surface area contributed by atoms with E-state index in [1.807, 2.05) is 24.4 Å². The minimum atomic E-state index is 0.284. The summed E-state index contributed by atoms with van der Waals surface area (Å²) >= 11 is 0. The third-order valence-corrected chi connectivity index (χ3v) is 4.38. The van der Waals surface area contributed by atoms with E-state index < -0.39 is 0 Å². The Balaban J connectivity index is 1.30. The van der Waals surface area contributed by atoms with Crippen LogP contribution >= 0.6 is 0 Å². The van der Waals surface area contributed by atoms with Crippen molar-refractivity contribution in [3.05, 3.63) is 30.1 Å². The van der Waals surface area contributed by atoms with Crippen LogP contribution in [0.1, 0.15) is 25.0 Å². The Bertz CT molecular complexity index is 415. The molecule has 0 spiro atoms. The molecule has 1 unspecified atom stereocenters. The van der Waals surface area contributed by atoms with Crippen molar-refractivity contribution >= 4 is 0 Å². The maximum absolute atomic E-state index is 5.98. The second kappa shape index (κ2) is 8.58. The Morgan fingerprint density at radius 2 is 2.14 bits per heavy atom. The first-order valence-electron chi connectivity index (χ1n) is 8.33. The molecule has 0 saturated carbocycles. The Labute approximate surface area is 132 Å². The maximum Gasteiger partial charge on any atom is 0.0891 e. The molecule has 122 valence electrons. The van der Waals surface area contributed by atoms with Gasteiger partial charge >= 0.3 is 0 Å². The number of nitrogens with zero attached hydrogens (tertiary/aromatic N) is 2. The molecule has 3 rings (SSSR count). The highest BCUT2D eigenvalue weighted by molar-refractivity contribution is 5.01. The lowest BCUT2D eigenvalue weighted by Crippen LogP contribution is -2.39. The predicted molar refractivity (Wildman–Crippen MR) is 83.7 cm³/mol. The SMILES string of the molecule is c1ccc(COC2CCN(CCC3COCCO3)CC2)nc1. The van der Waals surface area contributed by atoms with Gasteiger partial charge in [-0.3, -0.25) is 4.98 Å². The number of pyridine rings is 1. The Morgan fingerprint density at radius 3 is 2.86 bits per heavy atom. The van der Waals surface area contributed by atoms with Gasteiger partial charge in [-0.1, -0.05) is 6.07 Å². The van der Waals surface area contributed by atoms with Gasteiger partial charge in [0.2, 0.25) is 0 Å². The van der Waals surface area contributed by atoms with Crippen LogP contribution in [-0.4, -0.2) is 61.5 Å². The minimum Gasteiger partial charge on any atom is -0.376 e. The summed E-state index contributed by atoms with van der Waals surface area (Å²) in [6.45, 7) is 6.19. The zero-order chi connectivity index (χ0) is 15.0. The van der Waals surface area contributed by atoms with Crippen LogP contribution in [0.25, 0.3) is 0 Å². The van der Waals surface area contributed by atoms with Crippen molar-refractivity contribution in [1.29, 1.82) is 0 Å². The quantitative estimate of drug-likeness (QED) is 0.803. The topological polar surface area (TPSA) is 43.8 Å². The fourth-order valence-corrected chi connectivity index (χ4v) is 3.02. The van der Waals surface area contributed by atoms with Crippen LogP contribution in [0, 0.1) is 0 Å². The molecule has 0 N–H and O–H groups in total. The van der Waals surface area contributed by atoms with E-state index >= 15 is 0 Å². The number of piperidine rings is 1. The van der Waals surface area contributed by atoms with Crippen molar-refractivity contribution in [2.24, 2.45) is 0 Å². The van der Waals surface area contributed by atoms with E-state index in [0.29, 0.717) is 12.7 Å². The smallest absolute Gasteiger partial charge is 0.0891 e. The molecule has 5 heteroatoms. The summed E-state index contributed by atoms with van der Waals surface area (Å²) in [6, 6.07) is 5.95. The molecule has 0 aromatic carbocycles. The molecule has 5 nitrogen and oxygen atoms in total. The van der Waals surface area contributed by atoms with E-state index in [-0.39, 0.29) is 6.10 Å². The summed E-state index contributed by atoms with van der Waals surface area (Å²) in [5.74, 6) is 0. The van der Waals surface area contributed by atoms with Crippen molar-refractivity contribution in [1.82, 2.24) is 9.88 Å². The van der Waals surface area contributed by atoms with Gasteiger partial charge in [0.15, 0.2) is 0 Å². The highest BCUT2D eigenvalue weighted by Gasteiger charge is 2.21. The molecule has 1 aromatic heterocycles. The van der Waals surface area contributed by atoms with Gasteiger partial charge in [0.05, 0.1) is 44.3 Å². The van der Waals surface area contributed by atoms with Gasteiger partial charge in [0.1, 0.15) is 0 Å². The van der Waals surface area contributed by atoms with Crippen molar-refractivity contribution in [2.75, 3.05) is 39.5 Å². The molecule has 0 radical (unpaired) electrons. The highest BCUT2D eigenvalue weighted by Crippen LogP contribution is 2.16. The molecule has 2 aliphatic rings. The summed E-state index contributed by atoms with van der Waals surface area (Å²) in [4.78, 5) is 6.81. The molecule has 22 heavy (non-hydrogen) atoms. The van der Waals surface area contributed by atoms with Crippen molar-refractivity contribution < 1.29 is 14.2 Å². The van der Waals surface area contributed by atoms with Crippen LogP contribution in [0.5, 0.6) is 0 Å². The van der Waals surface area contributed by atoms with Crippen LogP contribution in [0.4, 0.5) is 0 Å². The molecule has 1 aromatic rings. The van der Waals surface area contributed by atoms with Crippen LogP contribution in [0.3, 0.4) is 0 Å². The Morgan fingerprint density at radius 1 is 1.23 bits per heavy atom. The molecule has 2 fully saturated rings. The molecule has 0 amide bonds. The van der Waals surface area contributed by atoms with Crippen LogP contribution in [0.2, 0.25) is 0 Å². The number of hydrogen-bond acceptors (Lipinski definition) is 5. The molecule has 2 aliphatic heterocycles. The number of rotatable bonds is 6. The van der Waals surface area contributed by atoms with Crippen LogP contribution in [0.15, 0.2) is 24.4 Å². The van der Waals surface area contributed by atoms with E-state index in [9.17, 15) is 0 Å². The third-order valence-electron chi connectivity index (χ3n) is 4.38. The third kappa shape index (κ3) is 5.02. The number of likely N-dealkylation sites (tertiary alicyclic amines) is 1. The average Bonchev–Trinajstić information content (AvgIpc) is 2.61. The number of aromatic nitrogens is 1. The Hall–Kier alpha value is -1.01. The second-order valence-corrected chi connectivity index (χ2v) is 6.03. The van der Waals surface area contributed by atoms with Gasteiger partial charge in [-0.2, -0.15) is 0 Å². The molecular formula is C17H26N2O3. The average molecular weight is 306 g/mol. The van der Waals surface area contributed by atoms with Gasteiger partial charge < -0.3 is 19.1 Å². The number of ether oxygens (including phenoxy) is 3. The standard InChI is InChI=1S/C17H26N2O3/c1-2-7-18-15(3-1)13-22-16-4-8-19(9-5-16)10-6-17-14-20-11-12-21-17/h1-3,7,16-17H,4-6,8-14H2. The molecule has 2 saturated heterocycles. The van der Waals surface area contributed by atoms with E-state index in [4.69, 9.17) is 14.2 Å². The fourth-order valence-electron chi connectivity index (χ4n) is 3.02. The summed E-state index contributed by atoms with van der Waals surface area (Å²) in [5, 5.41) is 0. The number of hydrogen-bond donors (Lipinski definition) is 0. The van der Waals surface area contributed by atoms with E-state index in [1.54, 1.807) is 0 Å². The van der Waals surface area contributed by atoms with E-state index in [2.05, 4.69) is 9.88 Å². The second-order valence-electron chi connectivity index (χ2n) is 6.03. The first kappa shape index (κ1) is 15.9. The van der Waals surface area contributed by atoms with Crippen LogP contribution in [-0.2, 0) is 20.8 Å².